The Morgan fingerprint density at radius 2 is 2.30 bits per heavy atom. The maximum atomic E-state index is 5.62. The average Bonchev–Trinajstić information content (AvgIpc) is 1.94. The number of hydrazine groups is 1. The highest BCUT2D eigenvalue weighted by Gasteiger charge is 2.11. The van der Waals surface area contributed by atoms with Crippen molar-refractivity contribution < 1.29 is 0 Å². The predicted octanol–water partition coefficient (Wildman–Crippen LogP) is 0.0592. The standard InChI is InChI=1S/C7H15N3/c1-6-3-4-10(8)5-7(6)9-2/h9H,3-5,8H2,1-2H3. The lowest BCUT2D eigenvalue weighted by atomic mass is 10.1. The Labute approximate surface area is 61.9 Å². The molecule has 3 nitrogen and oxygen atoms in total. The molecule has 0 aliphatic carbocycles. The van der Waals surface area contributed by atoms with Crippen LogP contribution in [-0.2, 0) is 0 Å². The number of rotatable bonds is 1. The first-order valence-electron chi connectivity index (χ1n) is 3.60. The minimum atomic E-state index is 0.863. The van der Waals surface area contributed by atoms with E-state index in [4.69, 9.17) is 5.84 Å². The van der Waals surface area contributed by atoms with Gasteiger partial charge in [0.2, 0.25) is 0 Å². The summed E-state index contributed by atoms with van der Waals surface area (Å²) in [4.78, 5) is 0. The molecule has 0 unspecified atom stereocenters. The van der Waals surface area contributed by atoms with Gasteiger partial charge in [0.25, 0.3) is 0 Å². The van der Waals surface area contributed by atoms with Crippen LogP contribution in [0.2, 0.25) is 0 Å². The Morgan fingerprint density at radius 1 is 1.60 bits per heavy atom. The van der Waals surface area contributed by atoms with Crippen molar-refractivity contribution in [1.82, 2.24) is 10.3 Å². The van der Waals surface area contributed by atoms with E-state index in [9.17, 15) is 0 Å². The SMILES string of the molecule is CNC1=C(C)CCN(N)C1. The predicted molar refractivity (Wildman–Crippen MR) is 42.1 cm³/mol. The third-order valence-electron chi connectivity index (χ3n) is 1.95. The molecule has 10 heavy (non-hydrogen) atoms. The molecule has 0 fully saturated rings. The Bertz CT molecular complexity index is 151. The second kappa shape index (κ2) is 3.03. The summed E-state index contributed by atoms with van der Waals surface area (Å²) < 4.78 is 0. The second-order valence-corrected chi connectivity index (χ2v) is 2.73. The lowest BCUT2D eigenvalue weighted by Crippen LogP contribution is -2.39. The van der Waals surface area contributed by atoms with Gasteiger partial charge in [0.15, 0.2) is 0 Å². The molecule has 3 N–H and O–H groups in total. The third-order valence-corrected chi connectivity index (χ3v) is 1.95. The van der Waals surface area contributed by atoms with Gasteiger partial charge in [0.1, 0.15) is 0 Å². The zero-order valence-electron chi connectivity index (χ0n) is 6.65. The molecule has 0 amide bonds. The van der Waals surface area contributed by atoms with Gasteiger partial charge >= 0.3 is 0 Å². The van der Waals surface area contributed by atoms with E-state index in [0.717, 1.165) is 19.5 Å². The molecule has 58 valence electrons. The van der Waals surface area contributed by atoms with Crippen LogP contribution in [0.3, 0.4) is 0 Å². The van der Waals surface area contributed by atoms with Crippen molar-refractivity contribution in [2.45, 2.75) is 13.3 Å². The van der Waals surface area contributed by atoms with Crippen LogP contribution in [0, 0.1) is 0 Å². The number of nitrogens with zero attached hydrogens (tertiary/aromatic N) is 1. The Morgan fingerprint density at radius 3 is 2.80 bits per heavy atom. The normalized spacial score (nSPS) is 21.5. The van der Waals surface area contributed by atoms with Gasteiger partial charge in [0, 0.05) is 19.3 Å². The summed E-state index contributed by atoms with van der Waals surface area (Å²) in [6.45, 7) is 4.00. The number of hydrogen-bond acceptors (Lipinski definition) is 3. The molecule has 1 heterocycles. The van der Waals surface area contributed by atoms with Crippen molar-refractivity contribution in [3.8, 4) is 0 Å². The first-order chi connectivity index (χ1) is 4.74. The molecule has 0 spiro atoms. The molecule has 0 atom stereocenters. The van der Waals surface area contributed by atoms with Gasteiger partial charge in [-0.2, -0.15) is 0 Å². The highest BCUT2D eigenvalue weighted by atomic mass is 15.4. The van der Waals surface area contributed by atoms with E-state index in [1.54, 1.807) is 0 Å². The Kier molecular flexibility index (Phi) is 2.29. The summed E-state index contributed by atoms with van der Waals surface area (Å²) >= 11 is 0. The Hall–Kier alpha value is -0.540. The van der Waals surface area contributed by atoms with Gasteiger partial charge in [-0.15, -0.1) is 0 Å². The Balaban J connectivity index is 2.62. The average molecular weight is 141 g/mol. The quantitative estimate of drug-likeness (QED) is 0.507. The molecule has 0 radical (unpaired) electrons. The smallest absolute Gasteiger partial charge is 0.0526 e. The van der Waals surface area contributed by atoms with Gasteiger partial charge in [-0.1, -0.05) is 5.57 Å². The fourth-order valence-electron chi connectivity index (χ4n) is 1.17. The summed E-state index contributed by atoms with van der Waals surface area (Å²) in [5.41, 5.74) is 2.71. The molecule has 3 heteroatoms. The summed E-state index contributed by atoms with van der Waals surface area (Å²) in [6.07, 6.45) is 1.09. The first kappa shape index (κ1) is 7.57. The van der Waals surface area contributed by atoms with E-state index in [-0.39, 0.29) is 0 Å². The van der Waals surface area contributed by atoms with E-state index in [2.05, 4.69) is 12.2 Å². The van der Waals surface area contributed by atoms with E-state index in [1.807, 2.05) is 12.1 Å². The van der Waals surface area contributed by atoms with Crippen molar-refractivity contribution in [2.75, 3.05) is 20.1 Å². The van der Waals surface area contributed by atoms with Crippen LogP contribution in [-0.4, -0.2) is 25.1 Å². The summed E-state index contributed by atoms with van der Waals surface area (Å²) in [5.74, 6) is 5.62. The fourth-order valence-corrected chi connectivity index (χ4v) is 1.17. The number of hydrogen-bond donors (Lipinski definition) is 2. The van der Waals surface area contributed by atoms with Gasteiger partial charge in [-0.25, -0.2) is 5.01 Å². The monoisotopic (exact) mass is 141 g/mol. The molecule has 1 rings (SSSR count). The summed E-state index contributed by atoms with van der Waals surface area (Å²) in [7, 11) is 1.94. The van der Waals surface area contributed by atoms with E-state index >= 15 is 0 Å². The van der Waals surface area contributed by atoms with Gasteiger partial charge in [-0.05, 0) is 13.3 Å². The summed E-state index contributed by atoms with van der Waals surface area (Å²) in [5, 5.41) is 4.97. The molecule has 0 saturated carbocycles. The molecule has 0 saturated heterocycles. The molecule has 0 bridgehead atoms. The second-order valence-electron chi connectivity index (χ2n) is 2.73. The molecule has 1 aliphatic heterocycles. The fraction of sp³-hybridized carbons (Fsp3) is 0.714. The zero-order valence-corrected chi connectivity index (χ0v) is 6.65. The van der Waals surface area contributed by atoms with Crippen molar-refractivity contribution in [3.63, 3.8) is 0 Å². The minimum absolute atomic E-state index is 0.863. The van der Waals surface area contributed by atoms with Crippen LogP contribution >= 0.6 is 0 Å². The molecular weight excluding hydrogens is 126 g/mol. The topological polar surface area (TPSA) is 41.3 Å². The van der Waals surface area contributed by atoms with Crippen LogP contribution < -0.4 is 11.2 Å². The van der Waals surface area contributed by atoms with E-state index in [1.165, 1.54) is 11.3 Å². The molecule has 0 aromatic rings. The first-order valence-corrected chi connectivity index (χ1v) is 3.60. The lowest BCUT2D eigenvalue weighted by molar-refractivity contribution is 0.289. The van der Waals surface area contributed by atoms with Crippen molar-refractivity contribution in [2.24, 2.45) is 5.84 Å². The highest BCUT2D eigenvalue weighted by Crippen LogP contribution is 2.11. The van der Waals surface area contributed by atoms with Crippen molar-refractivity contribution >= 4 is 0 Å². The molecule has 0 aromatic heterocycles. The molecular formula is C7H15N3. The third kappa shape index (κ3) is 1.49. The number of nitrogens with two attached hydrogens (primary N) is 1. The summed E-state index contributed by atoms with van der Waals surface area (Å²) in [6, 6.07) is 0. The zero-order chi connectivity index (χ0) is 7.56. The number of nitrogens with one attached hydrogen (secondary N) is 1. The largest absolute Gasteiger partial charge is 0.390 e. The maximum Gasteiger partial charge on any atom is 0.0526 e. The minimum Gasteiger partial charge on any atom is -0.390 e. The van der Waals surface area contributed by atoms with Crippen molar-refractivity contribution in [3.05, 3.63) is 11.3 Å². The van der Waals surface area contributed by atoms with Gasteiger partial charge < -0.3 is 5.32 Å². The van der Waals surface area contributed by atoms with Crippen LogP contribution in [0.5, 0.6) is 0 Å². The van der Waals surface area contributed by atoms with Gasteiger partial charge in [-0.3, -0.25) is 5.84 Å². The van der Waals surface area contributed by atoms with Crippen LogP contribution in [0.15, 0.2) is 11.3 Å². The van der Waals surface area contributed by atoms with Crippen molar-refractivity contribution in [1.29, 1.82) is 0 Å². The molecule has 0 aromatic carbocycles. The lowest BCUT2D eigenvalue weighted by Gasteiger charge is -2.25. The van der Waals surface area contributed by atoms with E-state index in [0.29, 0.717) is 0 Å². The number of likely N-dealkylation sites (N-methyl/N-ethyl adjacent to an activating group) is 1. The molecule has 1 aliphatic rings. The van der Waals surface area contributed by atoms with Crippen LogP contribution in [0.4, 0.5) is 0 Å². The maximum absolute atomic E-state index is 5.62. The van der Waals surface area contributed by atoms with Crippen LogP contribution in [0.1, 0.15) is 13.3 Å². The van der Waals surface area contributed by atoms with Crippen LogP contribution in [0.25, 0.3) is 0 Å². The van der Waals surface area contributed by atoms with E-state index < -0.39 is 0 Å². The highest BCUT2D eigenvalue weighted by molar-refractivity contribution is 5.14. The van der Waals surface area contributed by atoms with Gasteiger partial charge in [0.05, 0.1) is 6.54 Å².